The van der Waals surface area contributed by atoms with E-state index in [0.717, 1.165) is 28.1 Å². The molecule has 2 rings (SSSR count). The van der Waals surface area contributed by atoms with E-state index in [0.29, 0.717) is 5.92 Å². The van der Waals surface area contributed by atoms with Crippen LogP contribution < -0.4 is 5.32 Å². The molecule has 104 valence electrons. The van der Waals surface area contributed by atoms with E-state index in [4.69, 9.17) is 0 Å². The van der Waals surface area contributed by atoms with Crippen molar-refractivity contribution in [3.05, 3.63) is 33.8 Å². The van der Waals surface area contributed by atoms with Crippen molar-refractivity contribution in [2.45, 2.75) is 39.5 Å². The summed E-state index contributed by atoms with van der Waals surface area (Å²) in [6, 6.07) is 5.84. The number of halogens is 1. The van der Waals surface area contributed by atoms with Crippen molar-refractivity contribution in [3.8, 4) is 0 Å². The molecule has 3 heteroatoms. The molecule has 1 saturated carbocycles. The van der Waals surface area contributed by atoms with Crippen LogP contribution in [-0.4, -0.2) is 12.5 Å². The smallest absolute Gasteiger partial charge is 0.251 e. The number of nitrogens with one attached hydrogen (secondary N) is 1. The van der Waals surface area contributed by atoms with Gasteiger partial charge in [0.2, 0.25) is 0 Å². The lowest BCUT2D eigenvalue weighted by Gasteiger charge is -2.26. The van der Waals surface area contributed by atoms with Crippen LogP contribution in [0.1, 0.15) is 48.5 Å². The molecule has 1 aromatic rings. The molecule has 0 bridgehead atoms. The lowest BCUT2D eigenvalue weighted by Crippen LogP contribution is -2.31. The molecule has 0 atom stereocenters. The number of carbonyl (C=O) groups is 1. The van der Waals surface area contributed by atoms with Gasteiger partial charge in [0.05, 0.1) is 0 Å². The molecule has 19 heavy (non-hydrogen) atoms. The molecule has 1 fully saturated rings. The van der Waals surface area contributed by atoms with E-state index in [-0.39, 0.29) is 5.91 Å². The van der Waals surface area contributed by atoms with E-state index >= 15 is 0 Å². The Hall–Kier alpha value is -0.830. The summed E-state index contributed by atoms with van der Waals surface area (Å²) in [5, 5.41) is 3.09. The number of carbonyl (C=O) groups excluding carboxylic acids is 1. The molecule has 1 aromatic carbocycles. The molecule has 1 aliphatic rings. The Kier molecular flexibility index (Phi) is 5.03. The summed E-state index contributed by atoms with van der Waals surface area (Å²) in [7, 11) is 0. The molecule has 0 aliphatic heterocycles. The molecule has 0 spiro atoms. The number of hydrogen-bond acceptors (Lipinski definition) is 1. The summed E-state index contributed by atoms with van der Waals surface area (Å²) >= 11 is 3.42. The lowest BCUT2D eigenvalue weighted by atomic mass is 9.83. The van der Waals surface area contributed by atoms with Gasteiger partial charge >= 0.3 is 0 Å². The number of rotatable bonds is 3. The van der Waals surface area contributed by atoms with Crippen LogP contribution in [-0.2, 0) is 0 Å². The summed E-state index contributed by atoms with van der Waals surface area (Å²) in [5.41, 5.74) is 1.80. The highest BCUT2D eigenvalue weighted by Gasteiger charge is 2.19. The fraction of sp³-hybridized carbons (Fsp3) is 0.562. The minimum Gasteiger partial charge on any atom is -0.352 e. The second kappa shape index (κ2) is 6.56. The summed E-state index contributed by atoms with van der Waals surface area (Å²) < 4.78 is 0.953. The highest BCUT2D eigenvalue weighted by molar-refractivity contribution is 9.10. The third kappa shape index (κ3) is 4.07. The Morgan fingerprint density at radius 3 is 2.68 bits per heavy atom. The van der Waals surface area contributed by atoms with Crippen LogP contribution in [0.5, 0.6) is 0 Å². The van der Waals surface area contributed by atoms with Crippen molar-refractivity contribution in [1.82, 2.24) is 5.32 Å². The molecular formula is C16H22BrNO. The number of benzene rings is 1. The third-order valence-electron chi connectivity index (χ3n) is 4.13. The predicted molar refractivity (Wildman–Crippen MR) is 82.3 cm³/mol. The zero-order chi connectivity index (χ0) is 13.8. The summed E-state index contributed by atoms with van der Waals surface area (Å²) in [6.07, 6.45) is 5.10. The first-order chi connectivity index (χ1) is 9.06. The molecule has 1 N–H and O–H groups in total. The van der Waals surface area contributed by atoms with E-state index in [9.17, 15) is 4.79 Å². The van der Waals surface area contributed by atoms with Crippen molar-refractivity contribution in [2.75, 3.05) is 6.54 Å². The van der Waals surface area contributed by atoms with Crippen LogP contribution >= 0.6 is 15.9 Å². The molecule has 0 radical (unpaired) electrons. The maximum absolute atomic E-state index is 12.2. The zero-order valence-electron chi connectivity index (χ0n) is 11.7. The number of amides is 1. The molecule has 2 nitrogen and oxygen atoms in total. The second-order valence-corrected chi connectivity index (χ2v) is 6.71. The van der Waals surface area contributed by atoms with Crippen LogP contribution in [0, 0.1) is 18.8 Å². The van der Waals surface area contributed by atoms with E-state index in [1.807, 2.05) is 25.1 Å². The Labute approximate surface area is 124 Å². The summed E-state index contributed by atoms with van der Waals surface area (Å²) in [6.45, 7) is 5.11. The standard InChI is InChI=1S/C16H22BrNO/c1-11-3-6-13(7-4-11)10-18-16(19)15-9-14(17)8-5-12(15)2/h5,8-9,11,13H,3-4,6-7,10H2,1-2H3,(H,18,19). The fourth-order valence-electron chi connectivity index (χ4n) is 2.70. The number of aryl methyl sites for hydroxylation is 1. The Morgan fingerprint density at radius 1 is 1.32 bits per heavy atom. The van der Waals surface area contributed by atoms with Gasteiger partial charge in [0.25, 0.3) is 5.91 Å². The van der Waals surface area contributed by atoms with Crippen molar-refractivity contribution < 1.29 is 4.79 Å². The predicted octanol–water partition coefficient (Wildman–Crippen LogP) is 4.31. The van der Waals surface area contributed by atoms with Gasteiger partial charge in [0.15, 0.2) is 0 Å². The average Bonchev–Trinajstić information content (AvgIpc) is 2.40. The van der Waals surface area contributed by atoms with Gasteiger partial charge in [-0.1, -0.05) is 41.8 Å². The highest BCUT2D eigenvalue weighted by Crippen LogP contribution is 2.27. The molecule has 1 amide bonds. The quantitative estimate of drug-likeness (QED) is 0.882. The van der Waals surface area contributed by atoms with Crippen molar-refractivity contribution in [1.29, 1.82) is 0 Å². The number of hydrogen-bond donors (Lipinski definition) is 1. The first-order valence-corrected chi connectivity index (χ1v) is 7.90. The van der Waals surface area contributed by atoms with Gasteiger partial charge in [-0.05, 0) is 49.3 Å². The average molecular weight is 324 g/mol. The Morgan fingerprint density at radius 2 is 2.00 bits per heavy atom. The maximum Gasteiger partial charge on any atom is 0.251 e. The van der Waals surface area contributed by atoms with E-state index in [1.165, 1.54) is 25.7 Å². The van der Waals surface area contributed by atoms with Gasteiger partial charge in [-0.2, -0.15) is 0 Å². The highest BCUT2D eigenvalue weighted by atomic mass is 79.9. The van der Waals surface area contributed by atoms with Crippen molar-refractivity contribution in [3.63, 3.8) is 0 Å². The molecule has 0 saturated heterocycles. The van der Waals surface area contributed by atoms with Gasteiger partial charge in [-0.3, -0.25) is 4.79 Å². The van der Waals surface area contributed by atoms with Crippen LogP contribution in [0.4, 0.5) is 0 Å². The van der Waals surface area contributed by atoms with Gasteiger partial charge < -0.3 is 5.32 Å². The maximum atomic E-state index is 12.2. The largest absolute Gasteiger partial charge is 0.352 e. The summed E-state index contributed by atoms with van der Waals surface area (Å²) in [4.78, 5) is 12.2. The topological polar surface area (TPSA) is 29.1 Å². The molecule has 0 heterocycles. The minimum absolute atomic E-state index is 0.0532. The monoisotopic (exact) mass is 323 g/mol. The lowest BCUT2D eigenvalue weighted by molar-refractivity contribution is 0.0941. The van der Waals surface area contributed by atoms with Crippen LogP contribution in [0.15, 0.2) is 22.7 Å². The van der Waals surface area contributed by atoms with E-state index in [2.05, 4.69) is 28.2 Å². The first-order valence-electron chi connectivity index (χ1n) is 7.10. The first kappa shape index (κ1) is 14.6. The van der Waals surface area contributed by atoms with Crippen LogP contribution in [0.3, 0.4) is 0 Å². The van der Waals surface area contributed by atoms with Crippen molar-refractivity contribution in [2.24, 2.45) is 11.8 Å². The zero-order valence-corrected chi connectivity index (χ0v) is 13.3. The Bertz CT molecular complexity index is 450. The molecule has 1 aliphatic carbocycles. The second-order valence-electron chi connectivity index (χ2n) is 5.80. The van der Waals surface area contributed by atoms with E-state index < -0.39 is 0 Å². The molecule has 0 aromatic heterocycles. The van der Waals surface area contributed by atoms with Gasteiger partial charge in [0, 0.05) is 16.6 Å². The van der Waals surface area contributed by atoms with Crippen LogP contribution in [0.25, 0.3) is 0 Å². The van der Waals surface area contributed by atoms with Gasteiger partial charge in [-0.25, -0.2) is 0 Å². The normalized spacial score (nSPS) is 23.1. The van der Waals surface area contributed by atoms with Crippen LogP contribution in [0.2, 0.25) is 0 Å². The van der Waals surface area contributed by atoms with E-state index in [1.54, 1.807) is 0 Å². The molecule has 0 unspecified atom stereocenters. The fourth-order valence-corrected chi connectivity index (χ4v) is 3.07. The third-order valence-corrected chi connectivity index (χ3v) is 4.62. The van der Waals surface area contributed by atoms with Gasteiger partial charge in [0.1, 0.15) is 0 Å². The SMILES string of the molecule is Cc1ccc(Br)cc1C(=O)NCC1CCC(C)CC1. The summed E-state index contributed by atoms with van der Waals surface area (Å²) in [5.74, 6) is 1.57. The Balaban J connectivity index is 1.89. The van der Waals surface area contributed by atoms with Crippen molar-refractivity contribution >= 4 is 21.8 Å². The minimum atomic E-state index is 0.0532. The van der Waals surface area contributed by atoms with Gasteiger partial charge in [-0.15, -0.1) is 0 Å². The molecular weight excluding hydrogens is 302 g/mol.